The topological polar surface area (TPSA) is 89.4 Å². The van der Waals surface area contributed by atoms with Crippen LogP contribution in [0.25, 0.3) is 22.1 Å². The maximum atomic E-state index is 6.07. The van der Waals surface area contributed by atoms with Gasteiger partial charge in [0.05, 0.1) is 12.5 Å². The smallest absolute Gasteiger partial charge is 0.222 e. The van der Waals surface area contributed by atoms with E-state index in [-0.39, 0.29) is 5.95 Å². The molecule has 3 N–H and O–H groups in total. The van der Waals surface area contributed by atoms with Gasteiger partial charge in [-0.25, -0.2) is 4.98 Å². The fourth-order valence-corrected chi connectivity index (χ4v) is 3.20. The Kier molecular flexibility index (Phi) is 3.23. The van der Waals surface area contributed by atoms with Gasteiger partial charge in [-0.1, -0.05) is 6.07 Å². The second-order valence-electron chi connectivity index (χ2n) is 5.74. The predicted molar refractivity (Wildman–Crippen MR) is 90.0 cm³/mol. The summed E-state index contributed by atoms with van der Waals surface area (Å²) in [6, 6.07) is 6.19. The van der Waals surface area contributed by atoms with E-state index >= 15 is 0 Å². The highest BCUT2D eigenvalue weighted by atomic mass is 16.5. The zero-order chi connectivity index (χ0) is 16.0. The SMILES string of the molecule is CN[C@@H]1CCN(c2nc(N)nc3c2oc2c(OC)cccc23)C1. The predicted octanol–water partition coefficient (Wildman–Crippen LogP) is 1.76. The Morgan fingerprint density at radius 1 is 1.35 bits per heavy atom. The number of hydrogen-bond acceptors (Lipinski definition) is 7. The van der Waals surface area contributed by atoms with Gasteiger partial charge in [0.25, 0.3) is 0 Å². The van der Waals surface area contributed by atoms with Gasteiger partial charge in [-0.3, -0.25) is 0 Å². The summed E-state index contributed by atoms with van der Waals surface area (Å²) in [5.41, 5.74) is 8.01. The van der Waals surface area contributed by atoms with Gasteiger partial charge in [0.1, 0.15) is 5.52 Å². The molecule has 0 unspecified atom stereocenters. The third-order valence-electron chi connectivity index (χ3n) is 4.42. The number of anilines is 2. The fourth-order valence-electron chi connectivity index (χ4n) is 3.20. The summed E-state index contributed by atoms with van der Waals surface area (Å²) >= 11 is 0. The monoisotopic (exact) mass is 313 g/mol. The largest absolute Gasteiger partial charge is 0.493 e. The van der Waals surface area contributed by atoms with Crippen LogP contribution in [0.15, 0.2) is 22.6 Å². The van der Waals surface area contributed by atoms with Gasteiger partial charge in [0.15, 0.2) is 22.7 Å². The van der Waals surface area contributed by atoms with Crippen molar-refractivity contribution < 1.29 is 9.15 Å². The minimum Gasteiger partial charge on any atom is -0.493 e. The molecule has 1 fully saturated rings. The van der Waals surface area contributed by atoms with Crippen molar-refractivity contribution in [3.05, 3.63) is 18.2 Å². The van der Waals surface area contributed by atoms with Crippen molar-refractivity contribution in [3.63, 3.8) is 0 Å². The summed E-state index contributed by atoms with van der Waals surface area (Å²) in [4.78, 5) is 11.0. The van der Waals surface area contributed by atoms with Crippen molar-refractivity contribution in [1.82, 2.24) is 15.3 Å². The first-order chi connectivity index (χ1) is 11.2. The lowest BCUT2D eigenvalue weighted by Gasteiger charge is -2.17. The van der Waals surface area contributed by atoms with Gasteiger partial charge in [0.2, 0.25) is 5.95 Å². The molecule has 0 amide bonds. The second-order valence-corrected chi connectivity index (χ2v) is 5.74. The van der Waals surface area contributed by atoms with Gasteiger partial charge in [-0.05, 0) is 25.6 Å². The molecule has 4 rings (SSSR count). The zero-order valence-corrected chi connectivity index (χ0v) is 13.2. The number of hydrogen-bond donors (Lipinski definition) is 2. The van der Waals surface area contributed by atoms with Crippen LogP contribution in [0.1, 0.15) is 6.42 Å². The number of aromatic nitrogens is 2. The highest BCUT2D eigenvalue weighted by Crippen LogP contribution is 2.38. The van der Waals surface area contributed by atoms with E-state index < -0.39 is 0 Å². The highest BCUT2D eigenvalue weighted by Gasteiger charge is 2.27. The molecular weight excluding hydrogens is 294 g/mol. The fraction of sp³-hybridized carbons (Fsp3) is 0.375. The molecule has 1 aliphatic rings. The number of nitrogens with two attached hydrogens (primary N) is 1. The van der Waals surface area contributed by atoms with Gasteiger partial charge in [-0.15, -0.1) is 0 Å². The van der Waals surface area contributed by atoms with Gasteiger partial charge < -0.3 is 25.1 Å². The molecular formula is C16H19N5O2. The second kappa shape index (κ2) is 5.27. The minimum atomic E-state index is 0.255. The minimum absolute atomic E-state index is 0.255. The third kappa shape index (κ3) is 2.16. The van der Waals surface area contributed by atoms with E-state index in [2.05, 4.69) is 20.2 Å². The van der Waals surface area contributed by atoms with E-state index in [1.54, 1.807) is 7.11 Å². The van der Waals surface area contributed by atoms with Crippen molar-refractivity contribution in [1.29, 1.82) is 0 Å². The van der Waals surface area contributed by atoms with E-state index in [1.165, 1.54) is 0 Å². The molecule has 1 aliphatic heterocycles. The van der Waals surface area contributed by atoms with Crippen LogP contribution in [0.4, 0.5) is 11.8 Å². The van der Waals surface area contributed by atoms with Crippen LogP contribution in [0, 0.1) is 0 Å². The summed E-state index contributed by atoms with van der Waals surface area (Å²) in [6.45, 7) is 1.78. The van der Waals surface area contributed by atoms with E-state index in [1.807, 2.05) is 25.2 Å². The molecule has 120 valence electrons. The molecule has 0 aliphatic carbocycles. The average molecular weight is 313 g/mol. The van der Waals surface area contributed by atoms with Gasteiger partial charge >= 0.3 is 0 Å². The number of ether oxygens (including phenoxy) is 1. The van der Waals surface area contributed by atoms with Crippen LogP contribution >= 0.6 is 0 Å². The molecule has 0 saturated carbocycles. The molecule has 2 aromatic heterocycles. The number of fused-ring (bicyclic) bond motifs is 3. The normalized spacial score (nSPS) is 18.2. The summed E-state index contributed by atoms with van der Waals surface area (Å²) < 4.78 is 11.5. The standard InChI is InChI=1S/C16H19N5O2/c1-18-9-6-7-21(8-9)15-14-12(19-16(17)20-15)10-4-3-5-11(22-2)13(10)23-14/h3-5,9,18H,6-8H2,1-2H3,(H2,17,19,20)/t9-/m1/s1. The number of nitrogens with one attached hydrogen (secondary N) is 1. The van der Waals surface area contributed by atoms with Crippen molar-refractivity contribution >= 4 is 33.8 Å². The van der Waals surface area contributed by atoms with Gasteiger partial charge in [0, 0.05) is 19.1 Å². The Morgan fingerprint density at radius 3 is 2.96 bits per heavy atom. The maximum Gasteiger partial charge on any atom is 0.222 e. The average Bonchev–Trinajstić information content (AvgIpc) is 3.18. The number of furan rings is 1. The summed E-state index contributed by atoms with van der Waals surface area (Å²) in [6.07, 6.45) is 1.06. The molecule has 1 atom stereocenters. The molecule has 23 heavy (non-hydrogen) atoms. The number of para-hydroxylation sites is 1. The molecule has 3 heterocycles. The molecule has 7 nitrogen and oxygen atoms in total. The first-order valence-corrected chi connectivity index (χ1v) is 7.66. The maximum absolute atomic E-state index is 6.07. The number of benzene rings is 1. The van der Waals surface area contributed by atoms with E-state index in [9.17, 15) is 0 Å². The van der Waals surface area contributed by atoms with Crippen LogP contribution in [0.5, 0.6) is 5.75 Å². The van der Waals surface area contributed by atoms with Crippen LogP contribution < -0.4 is 20.7 Å². The van der Waals surface area contributed by atoms with E-state index in [4.69, 9.17) is 14.9 Å². The first kappa shape index (κ1) is 14.1. The van der Waals surface area contributed by atoms with Gasteiger partial charge in [-0.2, -0.15) is 4.98 Å². The number of nitrogen functional groups attached to an aromatic ring is 1. The molecule has 0 spiro atoms. The molecule has 3 aromatic rings. The lowest BCUT2D eigenvalue weighted by Crippen LogP contribution is -2.30. The summed E-state index contributed by atoms with van der Waals surface area (Å²) in [5, 5.41) is 4.19. The van der Waals surface area contributed by atoms with E-state index in [0.29, 0.717) is 23.0 Å². The van der Waals surface area contributed by atoms with Crippen molar-refractivity contribution in [2.24, 2.45) is 0 Å². The van der Waals surface area contributed by atoms with Crippen LogP contribution in [0.2, 0.25) is 0 Å². The van der Waals surface area contributed by atoms with Crippen molar-refractivity contribution in [3.8, 4) is 5.75 Å². The zero-order valence-electron chi connectivity index (χ0n) is 13.2. The Morgan fingerprint density at radius 2 is 2.22 bits per heavy atom. The Labute approximate surface area is 133 Å². The van der Waals surface area contributed by atoms with E-state index in [0.717, 1.165) is 36.2 Å². The molecule has 0 bridgehead atoms. The number of rotatable bonds is 3. The molecule has 1 aromatic carbocycles. The Bertz CT molecular complexity index is 876. The summed E-state index contributed by atoms with van der Waals surface area (Å²) in [7, 11) is 3.60. The first-order valence-electron chi connectivity index (χ1n) is 7.66. The summed E-state index contributed by atoms with van der Waals surface area (Å²) in [5.74, 6) is 1.69. The highest BCUT2D eigenvalue weighted by molar-refractivity contribution is 6.08. The number of likely N-dealkylation sites (N-methyl/N-ethyl adjacent to an activating group) is 1. The molecule has 1 saturated heterocycles. The number of nitrogens with zero attached hydrogens (tertiary/aromatic N) is 3. The Hall–Kier alpha value is -2.54. The lowest BCUT2D eigenvalue weighted by molar-refractivity contribution is 0.412. The lowest BCUT2D eigenvalue weighted by atomic mass is 10.2. The Balaban J connectivity index is 1.94. The van der Waals surface area contributed by atoms with Crippen LogP contribution in [0.3, 0.4) is 0 Å². The van der Waals surface area contributed by atoms with Crippen LogP contribution in [-0.2, 0) is 0 Å². The van der Waals surface area contributed by atoms with Crippen molar-refractivity contribution in [2.75, 3.05) is 37.9 Å². The molecule has 0 radical (unpaired) electrons. The van der Waals surface area contributed by atoms with Crippen LogP contribution in [-0.4, -0.2) is 43.3 Å². The quantitative estimate of drug-likeness (QED) is 0.761. The third-order valence-corrected chi connectivity index (χ3v) is 4.42. The van der Waals surface area contributed by atoms with Crippen molar-refractivity contribution in [2.45, 2.75) is 12.5 Å². The molecule has 7 heteroatoms. The number of methoxy groups -OCH3 is 1.